The summed E-state index contributed by atoms with van der Waals surface area (Å²) in [5, 5.41) is 2.87. The SMILES string of the molecule is NC(N)=Nc1ccc(C(=O)Oc2ccc(CC(=O)OCC(=O)NC3CCCC3)cc2)cc1. The highest BCUT2D eigenvalue weighted by molar-refractivity contribution is 5.91. The van der Waals surface area contributed by atoms with Gasteiger partial charge in [0.05, 0.1) is 17.7 Å². The van der Waals surface area contributed by atoms with Gasteiger partial charge in [0, 0.05) is 6.04 Å². The first-order valence-electron chi connectivity index (χ1n) is 10.3. The van der Waals surface area contributed by atoms with Gasteiger partial charge in [-0.3, -0.25) is 9.59 Å². The van der Waals surface area contributed by atoms with Gasteiger partial charge in [-0.1, -0.05) is 25.0 Å². The molecule has 9 heteroatoms. The van der Waals surface area contributed by atoms with Gasteiger partial charge in [0.15, 0.2) is 12.6 Å². The summed E-state index contributed by atoms with van der Waals surface area (Å²) in [4.78, 5) is 40.0. The minimum Gasteiger partial charge on any atom is -0.455 e. The Kier molecular flexibility index (Phi) is 7.80. The van der Waals surface area contributed by atoms with E-state index in [4.69, 9.17) is 20.9 Å². The first-order valence-corrected chi connectivity index (χ1v) is 10.3. The van der Waals surface area contributed by atoms with Crippen LogP contribution in [0.15, 0.2) is 53.5 Å². The maximum Gasteiger partial charge on any atom is 0.343 e. The van der Waals surface area contributed by atoms with Gasteiger partial charge in [-0.15, -0.1) is 0 Å². The monoisotopic (exact) mass is 438 g/mol. The molecule has 1 saturated carbocycles. The number of ether oxygens (including phenoxy) is 2. The van der Waals surface area contributed by atoms with Crippen molar-refractivity contribution in [2.45, 2.75) is 38.1 Å². The van der Waals surface area contributed by atoms with E-state index in [-0.39, 0.29) is 30.9 Å². The third-order valence-electron chi connectivity index (χ3n) is 4.93. The van der Waals surface area contributed by atoms with E-state index in [1.165, 1.54) is 0 Å². The summed E-state index contributed by atoms with van der Waals surface area (Å²) < 4.78 is 10.4. The van der Waals surface area contributed by atoms with Crippen molar-refractivity contribution in [2.24, 2.45) is 16.5 Å². The Balaban J connectivity index is 1.44. The van der Waals surface area contributed by atoms with Crippen molar-refractivity contribution < 1.29 is 23.9 Å². The topological polar surface area (TPSA) is 146 Å². The van der Waals surface area contributed by atoms with Crippen molar-refractivity contribution in [3.05, 3.63) is 59.7 Å². The van der Waals surface area contributed by atoms with E-state index in [0.29, 0.717) is 22.6 Å². The number of guanidine groups is 1. The second kappa shape index (κ2) is 10.9. The van der Waals surface area contributed by atoms with Crippen LogP contribution in [0, 0.1) is 0 Å². The van der Waals surface area contributed by atoms with Crippen LogP contribution in [0.5, 0.6) is 5.75 Å². The van der Waals surface area contributed by atoms with Gasteiger partial charge in [0.1, 0.15) is 5.75 Å². The van der Waals surface area contributed by atoms with Crippen molar-refractivity contribution in [2.75, 3.05) is 6.61 Å². The Labute approximate surface area is 185 Å². The molecular formula is C23H26N4O5. The first-order chi connectivity index (χ1) is 15.4. The lowest BCUT2D eigenvalue weighted by atomic mass is 10.1. The summed E-state index contributed by atoms with van der Waals surface area (Å²) in [6.07, 6.45) is 4.18. The third kappa shape index (κ3) is 7.12. The van der Waals surface area contributed by atoms with Crippen LogP contribution >= 0.6 is 0 Å². The number of nitrogens with one attached hydrogen (secondary N) is 1. The predicted molar refractivity (Wildman–Crippen MR) is 118 cm³/mol. The average molecular weight is 438 g/mol. The van der Waals surface area contributed by atoms with E-state index in [1.54, 1.807) is 48.5 Å². The average Bonchev–Trinajstić information content (AvgIpc) is 3.27. The molecule has 2 aromatic carbocycles. The number of hydrogen-bond donors (Lipinski definition) is 3. The number of hydrogen-bond acceptors (Lipinski definition) is 6. The van der Waals surface area contributed by atoms with Gasteiger partial charge in [-0.2, -0.15) is 0 Å². The van der Waals surface area contributed by atoms with Gasteiger partial charge >= 0.3 is 11.9 Å². The van der Waals surface area contributed by atoms with Gasteiger partial charge in [-0.05, 0) is 54.8 Å². The fraction of sp³-hybridized carbons (Fsp3) is 0.304. The second-order valence-corrected chi connectivity index (χ2v) is 7.50. The largest absolute Gasteiger partial charge is 0.455 e. The number of nitrogens with two attached hydrogens (primary N) is 2. The second-order valence-electron chi connectivity index (χ2n) is 7.50. The fourth-order valence-corrected chi connectivity index (χ4v) is 3.37. The van der Waals surface area contributed by atoms with E-state index in [9.17, 15) is 14.4 Å². The molecule has 1 aliphatic carbocycles. The maximum absolute atomic E-state index is 12.3. The van der Waals surface area contributed by atoms with Crippen LogP contribution in [0.4, 0.5) is 5.69 Å². The molecule has 0 atom stereocenters. The van der Waals surface area contributed by atoms with Crippen molar-refractivity contribution in [1.82, 2.24) is 5.32 Å². The molecule has 5 N–H and O–H groups in total. The van der Waals surface area contributed by atoms with Crippen LogP contribution in [-0.4, -0.2) is 36.5 Å². The van der Waals surface area contributed by atoms with Crippen molar-refractivity contribution in [3.63, 3.8) is 0 Å². The van der Waals surface area contributed by atoms with Crippen LogP contribution in [0.25, 0.3) is 0 Å². The molecule has 0 spiro atoms. The number of aliphatic imine (C=N–C) groups is 1. The summed E-state index contributed by atoms with van der Waals surface area (Å²) >= 11 is 0. The first kappa shape index (κ1) is 22.8. The standard InChI is InChI=1S/C23H26N4O5/c24-23(25)27-18-9-7-16(8-10-18)22(30)32-19-11-5-15(6-12-19)13-21(29)31-14-20(28)26-17-3-1-2-4-17/h5-12,17H,1-4,13-14H2,(H,26,28)(H4,24,25,27). The number of nitrogens with zero attached hydrogens (tertiary/aromatic N) is 1. The Hall–Kier alpha value is -3.88. The predicted octanol–water partition coefficient (Wildman–Crippen LogP) is 1.96. The summed E-state index contributed by atoms with van der Waals surface area (Å²) in [5.41, 5.74) is 12.2. The number of amides is 1. The number of esters is 2. The molecule has 9 nitrogen and oxygen atoms in total. The Bertz CT molecular complexity index is 976. The molecule has 32 heavy (non-hydrogen) atoms. The van der Waals surface area contributed by atoms with E-state index >= 15 is 0 Å². The lowest BCUT2D eigenvalue weighted by Crippen LogP contribution is -2.36. The van der Waals surface area contributed by atoms with Gasteiger partial charge in [-0.25, -0.2) is 9.79 Å². The zero-order valence-corrected chi connectivity index (χ0v) is 17.6. The zero-order chi connectivity index (χ0) is 22.9. The summed E-state index contributed by atoms with van der Waals surface area (Å²) in [6, 6.07) is 13.0. The molecule has 0 saturated heterocycles. The number of carbonyl (C=O) groups is 3. The maximum atomic E-state index is 12.3. The third-order valence-corrected chi connectivity index (χ3v) is 4.93. The molecule has 0 bridgehead atoms. The Morgan fingerprint density at radius 3 is 2.25 bits per heavy atom. The highest BCUT2D eigenvalue weighted by Crippen LogP contribution is 2.18. The van der Waals surface area contributed by atoms with E-state index in [1.807, 2.05) is 0 Å². The van der Waals surface area contributed by atoms with Crippen LogP contribution < -0.4 is 21.5 Å². The van der Waals surface area contributed by atoms with E-state index in [2.05, 4.69) is 10.3 Å². The molecule has 0 aromatic heterocycles. The number of benzene rings is 2. The minimum atomic E-state index is -0.540. The van der Waals surface area contributed by atoms with Crippen LogP contribution in [0.2, 0.25) is 0 Å². The fourth-order valence-electron chi connectivity index (χ4n) is 3.37. The Morgan fingerprint density at radius 1 is 0.969 bits per heavy atom. The smallest absolute Gasteiger partial charge is 0.343 e. The minimum absolute atomic E-state index is 0.0111. The Morgan fingerprint density at radius 2 is 1.62 bits per heavy atom. The van der Waals surface area contributed by atoms with Crippen molar-refractivity contribution in [3.8, 4) is 5.75 Å². The van der Waals surface area contributed by atoms with Gasteiger partial charge in [0.2, 0.25) is 0 Å². The summed E-state index contributed by atoms with van der Waals surface area (Å²) in [6.45, 7) is -0.285. The van der Waals surface area contributed by atoms with Crippen molar-refractivity contribution in [1.29, 1.82) is 0 Å². The molecule has 2 aromatic rings. The molecule has 168 valence electrons. The molecule has 1 amide bonds. The molecule has 0 heterocycles. The molecule has 0 aliphatic heterocycles. The van der Waals surface area contributed by atoms with Gasteiger partial charge in [0.25, 0.3) is 5.91 Å². The highest BCUT2D eigenvalue weighted by Gasteiger charge is 2.18. The quantitative estimate of drug-likeness (QED) is 0.247. The van der Waals surface area contributed by atoms with Crippen LogP contribution in [0.3, 0.4) is 0 Å². The molecule has 3 rings (SSSR count). The van der Waals surface area contributed by atoms with Crippen molar-refractivity contribution >= 4 is 29.5 Å². The molecular weight excluding hydrogens is 412 g/mol. The van der Waals surface area contributed by atoms with Crippen LogP contribution in [0.1, 0.15) is 41.6 Å². The molecule has 0 radical (unpaired) electrons. The number of carbonyl (C=O) groups excluding carboxylic acids is 3. The zero-order valence-electron chi connectivity index (χ0n) is 17.6. The number of rotatable bonds is 8. The molecule has 1 fully saturated rings. The normalized spacial score (nSPS) is 13.2. The van der Waals surface area contributed by atoms with E-state index < -0.39 is 11.9 Å². The highest BCUT2D eigenvalue weighted by atomic mass is 16.5. The summed E-state index contributed by atoms with van der Waals surface area (Å²) in [5.74, 6) is -1.06. The van der Waals surface area contributed by atoms with Gasteiger partial charge < -0.3 is 26.3 Å². The van der Waals surface area contributed by atoms with E-state index in [0.717, 1.165) is 25.7 Å². The molecule has 1 aliphatic rings. The molecule has 0 unspecified atom stereocenters. The lowest BCUT2D eigenvalue weighted by Gasteiger charge is -2.12. The summed E-state index contributed by atoms with van der Waals surface area (Å²) in [7, 11) is 0. The van der Waals surface area contributed by atoms with Crippen LogP contribution in [-0.2, 0) is 20.7 Å². The lowest BCUT2D eigenvalue weighted by molar-refractivity contribution is -0.148.